The fourth-order valence-corrected chi connectivity index (χ4v) is 5.70. The Morgan fingerprint density at radius 1 is 1.00 bits per heavy atom. The predicted octanol–water partition coefficient (Wildman–Crippen LogP) is 7.05. The van der Waals surface area contributed by atoms with Crippen LogP contribution in [-0.2, 0) is 5.41 Å². The van der Waals surface area contributed by atoms with Crippen molar-refractivity contribution in [1.82, 2.24) is 4.90 Å². The summed E-state index contributed by atoms with van der Waals surface area (Å²) >= 11 is 12.7. The first-order valence-electron chi connectivity index (χ1n) is 11.7. The van der Waals surface area contributed by atoms with E-state index in [1.54, 1.807) is 24.3 Å². The number of fused-ring (bicyclic) bond motifs is 2. The number of benzene rings is 3. The lowest BCUT2D eigenvalue weighted by Gasteiger charge is -2.40. The van der Waals surface area contributed by atoms with Crippen LogP contribution in [0.2, 0.25) is 10.0 Å². The molecule has 1 fully saturated rings. The molecule has 2 heterocycles. The summed E-state index contributed by atoms with van der Waals surface area (Å²) < 4.78 is 6.05. The largest absolute Gasteiger partial charge is 0.492 e. The number of hydrogen-bond donors (Lipinski definition) is 1. The maximum atomic E-state index is 13.0. The third-order valence-electron chi connectivity index (χ3n) is 7.20. The number of ether oxygens (including phenoxy) is 1. The first-order chi connectivity index (χ1) is 16.4. The van der Waals surface area contributed by atoms with Crippen molar-refractivity contribution in [1.29, 1.82) is 0 Å². The Balaban J connectivity index is 1.33. The number of likely N-dealkylation sites (tertiary alicyclic amines) is 1. The molecule has 0 aliphatic carbocycles. The zero-order valence-electron chi connectivity index (χ0n) is 19.4. The van der Waals surface area contributed by atoms with Gasteiger partial charge >= 0.3 is 0 Å². The topological polar surface area (TPSA) is 41.6 Å². The van der Waals surface area contributed by atoms with Gasteiger partial charge in [-0.3, -0.25) is 4.79 Å². The lowest BCUT2D eigenvalue weighted by molar-refractivity contribution is 0.102. The average Bonchev–Trinajstić information content (AvgIpc) is 3.17. The van der Waals surface area contributed by atoms with Gasteiger partial charge in [0, 0.05) is 43.9 Å². The molecule has 1 spiro atoms. The standard InChI is InChI=1S/C28H28Cl2N2O2/c1-18(2)32-14-12-28(13-15-32)17-34-25-11-10-21(16-22(25)28)31-27(33)20-8-6-19(7-9-20)26-23(29)4-3-5-24(26)30/h3-11,16,18H,12-15,17H2,1-2H3,(H,31,33). The summed E-state index contributed by atoms with van der Waals surface area (Å²) in [4.78, 5) is 15.5. The van der Waals surface area contributed by atoms with Gasteiger partial charge in [-0.25, -0.2) is 0 Å². The van der Waals surface area contributed by atoms with E-state index in [1.807, 2.05) is 30.3 Å². The van der Waals surface area contributed by atoms with Crippen LogP contribution in [0, 0.1) is 0 Å². The van der Waals surface area contributed by atoms with Crippen LogP contribution >= 0.6 is 23.2 Å². The summed E-state index contributed by atoms with van der Waals surface area (Å²) in [6.07, 6.45) is 2.14. The molecule has 1 saturated heterocycles. The predicted molar refractivity (Wildman–Crippen MR) is 139 cm³/mol. The molecule has 0 atom stereocenters. The highest BCUT2D eigenvalue weighted by Crippen LogP contribution is 2.46. The summed E-state index contributed by atoms with van der Waals surface area (Å²) in [5.41, 5.74) is 4.26. The van der Waals surface area contributed by atoms with Crippen molar-refractivity contribution in [2.75, 3.05) is 25.0 Å². The fraction of sp³-hybridized carbons (Fsp3) is 0.321. The molecule has 3 aromatic carbocycles. The molecule has 34 heavy (non-hydrogen) atoms. The van der Waals surface area contributed by atoms with E-state index in [1.165, 1.54) is 5.56 Å². The second-order valence-corrected chi connectivity index (χ2v) is 10.4. The molecule has 0 saturated carbocycles. The maximum Gasteiger partial charge on any atom is 0.255 e. The van der Waals surface area contributed by atoms with Gasteiger partial charge < -0.3 is 15.0 Å². The first-order valence-corrected chi connectivity index (χ1v) is 12.5. The quantitative estimate of drug-likeness (QED) is 0.422. The third kappa shape index (κ3) is 4.31. The zero-order valence-corrected chi connectivity index (χ0v) is 20.9. The monoisotopic (exact) mass is 494 g/mol. The van der Waals surface area contributed by atoms with E-state index in [-0.39, 0.29) is 11.3 Å². The molecule has 3 aromatic rings. The van der Waals surface area contributed by atoms with Gasteiger partial charge in [-0.05, 0) is 87.8 Å². The SMILES string of the molecule is CC(C)N1CCC2(CC1)COc1ccc(NC(=O)c3ccc(-c4c(Cl)cccc4Cl)cc3)cc12. The molecule has 4 nitrogen and oxygen atoms in total. The molecule has 0 radical (unpaired) electrons. The summed E-state index contributed by atoms with van der Waals surface area (Å²) in [5, 5.41) is 4.23. The van der Waals surface area contributed by atoms with Crippen molar-refractivity contribution in [3.63, 3.8) is 0 Å². The molecule has 6 heteroatoms. The van der Waals surface area contributed by atoms with Crippen molar-refractivity contribution < 1.29 is 9.53 Å². The van der Waals surface area contributed by atoms with Gasteiger partial charge in [0.2, 0.25) is 0 Å². The van der Waals surface area contributed by atoms with Gasteiger partial charge in [-0.1, -0.05) is 41.4 Å². The highest BCUT2D eigenvalue weighted by Gasteiger charge is 2.43. The van der Waals surface area contributed by atoms with E-state index in [2.05, 4.69) is 30.1 Å². The van der Waals surface area contributed by atoms with Crippen molar-refractivity contribution in [2.45, 2.75) is 38.1 Å². The van der Waals surface area contributed by atoms with Crippen LogP contribution in [0.3, 0.4) is 0 Å². The lowest BCUT2D eigenvalue weighted by atomic mass is 9.74. The molecule has 5 rings (SSSR count). The van der Waals surface area contributed by atoms with E-state index in [9.17, 15) is 4.79 Å². The number of halogens is 2. The molecule has 1 N–H and O–H groups in total. The fourth-order valence-electron chi connectivity index (χ4n) is 5.09. The van der Waals surface area contributed by atoms with E-state index >= 15 is 0 Å². The summed E-state index contributed by atoms with van der Waals surface area (Å²) in [5.74, 6) is 0.788. The zero-order chi connectivity index (χ0) is 23.9. The van der Waals surface area contributed by atoms with E-state index < -0.39 is 0 Å². The molecular weight excluding hydrogens is 467 g/mol. The Labute approximate surface area is 210 Å². The molecular formula is C28H28Cl2N2O2. The van der Waals surface area contributed by atoms with Gasteiger partial charge in [0.25, 0.3) is 5.91 Å². The minimum Gasteiger partial charge on any atom is -0.492 e. The molecule has 0 bridgehead atoms. The van der Waals surface area contributed by atoms with Crippen LogP contribution in [0.15, 0.2) is 60.7 Å². The Kier molecular flexibility index (Phi) is 6.32. The summed E-state index contributed by atoms with van der Waals surface area (Å²) in [6.45, 7) is 7.36. The lowest BCUT2D eigenvalue weighted by Crippen LogP contribution is -2.46. The number of piperidine rings is 1. The normalized spacial score (nSPS) is 17.0. The van der Waals surface area contributed by atoms with Gasteiger partial charge in [0.15, 0.2) is 0 Å². The van der Waals surface area contributed by atoms with Crippen molar-refractivity contribution in [3.05, 3.63) is 81.8 Å². The van der Waals surface area contributed by atoms with Crippen LogP contribution in [0.25, 0.3) is 11.1 Å². The number of anilines is 1. The number of hydrogen-bond acceptors (Lipinski definition) is 3. The third-order valence-corrected chi connectivity index (χ3v) is 7.83. The Hall–Kier alpha value is -2.53. The Bertz CT molecular complexity index is 1200. The maximum absolute atomic E-state index is 13.0. The van der Waals surface area contributed by atoms with Gasteiger partial charge in [-0.2, -0.15) is 0 Å². The number of nitrogens with zero attached hydrogens (tertiary/aromatic N) is 1. The molecule has 1 amide bonds. The highest BCUT2D eigenvalue weighted by atomic mass is 35.5. The van der Waals surface area contributed by atoms with Crippen LogP contribution in [0.4, 0.5) is 5.69 Å². The van der Waals surface area contributed by atoms with Crippen molar-refractivity contribution in [3.8, 4) is 16.9 Å². The number of amides is 1. The molecule has 2 aliphatic heterocycles. The van der Waals surface area contributed by atoms with Gasteiger partial charge in [0.05, 0.1) is 6.61 Å². The van der Waals surface area contributed by atoms with Gasteiger partial charge in [0.1, 0.15) is 5.75 Å². The average molecular weight is 495 g/mol. The highest BCUT2D eigenvalue weighted by molar-refractivity contribution is 6.39. The summed E-state index contributed by atoms with van der Waals surface area (Å²) in [7, 11) is 0. The number of nitrogens with one attached hydrogen (secondary N) is 1. The van der Waals surface area contributed by atoms with Crippen molar-refractivity contribution >= 4 is 34.8 Å². The number of carbonyl (C=O) groups excluding carboxylic acids is 1. The van der Waals surface area contributed by atoms with Crippen LogP contribution in [0.5, 0.6) is 5.75 Å². The molecule has 2 aliphatic rings. The Morgan fingerprint density at radius 3 is 2.32 bits per heavy atom. The molecule has 176 valence electrons. The minimum absolute atomic E-state index is 0.0390. The van der Waals surface area contributed by atoms with Crippen molar-refractivity contribution in [2.24, 2.45) is 0 Å². The van der Waals surface area contributed by atoms with Crippen LogP contribution in [0.1, 0.15) is 42.6 Å². The smallest absolute Gasteiger partial charge is 0.255 e. The number of rotatable bonds is 4. The first kappa shape index (κ1) is 23.2. The van der Waals surface area contributed by atoms with Crippen LogP contribution in [-0.4, -0.2) is 36.5 Å². The van der Waals surface area contributed by atoms with E-state index in [0.29, 0.717) is 21.7 Å². The minimum atomic E-state index is -0.153. The second-order valence-electron chi connectivity index (χ2n) is 9.54. The van der Waals surface area contributed by atoms with Crippen LogP contribution < -0.4 is 10.1 Å². The molecule has 0 aromatic heterocycles. The Morgan fingerprint density at radius 2 is 1.68 bits per heavy atom. The number of carbonyl (C=O) groups is 1. The molecule has 0 unspecified atom stereocenters. The van der Waals surface area contributed by atoms with Gasteiger partial charge in [-0.15, -0.1) is 0 Å². The van der Waals surface area contributed by atoms with E-state index in [0.717, 1.165) is 55.1 Å². The van der Waals surface area contributed by atoms with E-state index in [4.69, 9.17) is 27.9 Å². The second kappa shape index (κ2) is 9.26. The summed E-state index contributed by atoms with van der Waals surface area (Å²) in [6, 6.07) is 19.3.